The molecule has 0 aromatic heterocycles. The van der Waals surface area contributed by atoms with Crippen LogP contribution in [0.4, 0.5) is 5.69 Å². The lowest BCUT2D eigenvalue weighted by molar-refractivity contribution is 0.170. The highest BCUT2D eigenvalue weighted by molar-refractivity contribution is 6.31. The maximum atomic E-state index is 9.20. The summed E-state index contributed by atoms with van der Waals surface area (Å²) in [5.74, 6) is 0.717. The van der Waals surface area contributed by atoms with Crippen molar-refractivity contribution >= 4 is 17.3 Å². The Morgan fingerprint density at radius 1 is 1.41 bits per heavy atom. The van der Waals surface area contributed by atoms with E-state index in [4.69, 9.17) is 16.3 Å². The maximum absolute atomic E-state index is 9.20. The van der Waals surface area contributed by atoms with E-state index in [1.54, 1.807) is 13.2 Å². The zero-order valence-corrected chi connectivity index (χ0v) is 11.6. The molecule has 0 spiro atoms. The number of rotatable bonds is 5. The molecule has 0 fully saturated rings. The molecule has 1 aromatic rings. The molecule has 1 rings (SSSR count). The monoisotopic (exact) mass is 257 g/mol. The first-order valence-corrected chi connectivity index (χ1v) is 5.96. The summed E-state index contributed by atoms with van der Waals surface area (Å²) in [6, 6.07) is 3.75. The van der Waals surface area contributed by atoms with Crippen LogP contribution in [0.5, 0.6) is 5.75 Å². The van der Waals surface area contributed by atoms with E-state index in [1.807, 2.05) is 26.8 Å². The second-order valence-corrected chi connectivity index (χ2v) is 5.38. The molecule has 0 heterocycles. The third-order valence-electron chi connectivity index (χ3n) is 2.67. The number of aryl methyl sites for hydroxylation is 1. The topological polar surface area (TPSA) is 41.5 Å². The lowest BCUT2D eigenvalue weighted by atomic mass is 9.95. The molecule has 0 aliphatic heterocycles. The number of methoxy groups -OCH3 is 1. The highest BCUT2D eigenvalue weighted by Gasteiger charge is 2.17. The number of nitrogens with one attached hydrogen (secondary N) is 1. The van der Waals surface area contributed by atoms with Crippen LogP contribution in [0, 0.1) is 12.3 Å². The van der Waals surface area contributed by atoms with Crippen LogP contribution in [-0.2, 0) is 0 Å². The summed E-state index contributed by atoms with van der Waals surface area (Å²) in [7, 11) is 1.61. The predicted octanol–water partition coefficient (Wildman–Crippen LogP) is 3.09. The van der Waals surface area contributed by atoms with E-state index in [9.17, 15) is 5.11 Å². The normalized spacial score (nSPS) is 11.4. The Bertz CT molecular complexity index is 391. The van der Waals surface area contributed by atoms with Gasteiger partial charge in [-0.15, -0.1) is 0 Å². The minimum absolute atomic E-state index is 0.134. The molecule has 2 N–H and O–H groups in total. The second-order valence-electron chi connectivity index (χ2n) is 4.98. The Morgan fingerprint density at radius 3 is 2.59 bits per heavy atom. The molecule has 0 saturated heterocycles. The third-order valence-corrected chi connectivity index (χ3v) is 3.07. The van der Waals surface area contributed by atoms with E-state index in [0.29, 0.717) is 17.3 Å². The lowest BCUT2D eigenvalue weighted by Crippen LogP contribution is -2.26. The summed E-state index contributed by atoms with van der Waals surface area (Å²) >= 11 is 6.03. The Kier molecular flexibility index (Phi) is 4.66. The van der Waals surface area contributed by atoms with E-state index < -0.39 is 0 Å². The van der Waals surface area contributed by atoms with Crippen LogP contribution in [0.2, 0.25) is 5.02 Å². The highest BCUT2D eigenvalue weighted by Crippen LogP contribution is 2.31. The number of hydrogen-bond acceptors (Lipinski definition) is 3. The number of hydrogen-bond donors (Lipinski definition) is 2. The average molecular weight is 258 g/mol. The number of aliphatic hydroxyl groups is 1. The van der Waals surface area contributed by atoms with Crippen molar-refractivity contribution < 1.29 is 9.84 Å². The molecule has 0 saturated carbocycles. The smallest absolute Gasteiger partial charge is 0.143 e. The van der Waals surface area contributed by atoms with Crippen molar-refractivity contribution in [3.8, 4) is 5.75 Å². The van der Waals surface area contributed by atoms with Gasteiger partial charge in [0.2, 0.25) is 0 Å². The fraction of sp³-hybridized carbons (Fsp3) is 0.538. The van der Waals surface area contributed by atoms with Crippen molar-refractivity contribution in [2.24, 2.45) is 5.41 Å². The first-order chi connectivity index (χ1) is 7.89. The molecule has 0 radical (unpaired) electrons. The molecule has 0 amide bonds. The van der Waals surface area contributed by atoms with Gasteiger partial charge < -0.3 is 15.2 Å². The van der Waals surface area contributed by atoms with Crippen LogP contribution >= 0.6 is 11.6 Å². The summed E-state index contributed by atoms with van der Waals surface area (Å²) < 4.78 is 5.27. The van der Waals surface area contributed by atoms with Crippen molar-refractivity contribution in [2.45, 2.75) is 20.8 Å². The SMILES string of the molecule is COc1cc(Cl)c(C)cc1NCC(C)(C)CO. The van der Waals surface area contributed by atoms with Gasteiger partial charge in [-0.05, 0) is 18.6 Å². The van der Waals surface area contributed by atoms with Gasteiger partial charge in [0, 0.05) is 29.7 Å². The molecule has 0 aliphatic rings. The zero-order valence-electron chi connectivity index (χ0n) is 10.8. The predicted molar refractivity (Wildman–Crippen MR) is 72.1 cm³/mol. The molecule has 1 aromatic carbocycles. The minimum atomic E-state index is -0.168. The van der Waals surface area contributed by atoms with E-state index in [2.05, 4.69) is 5.32 Å². The Hall–Kier alpha value is -0.930. The van der Waals surface area contributed by atoms with Gasteiger partial charge in [-0.2, -0.15) is 0 Å². The Balaban J connectivity index is 2.87. The van der Waals surface area contributed by atoms with Crippen molar-refractivity contribution in [1.29, 1.82) is 0 Å². The second kappa shape index (κ2) is 5.61. The van der Waals surface area contributed by atoms with E-state index in [-0.39, 0.29) is 12.0 Å². The summed E-state index contributed by atoms with van der Waals surface area (Å²) in [4.78, 5) is 0. The number of ether oxygens (including phenoxy) is 1. The quantitative estimate of drug-likeness (QED) is 0.852. The molecular formula is C13H20ClNO2. The molecular weight excluding hydrogens is 238 g/mol. The van der Waals surface area contributed by atoms with Gasteiger partial charge in [-0.3, -0.25) is 0 Å². The van der Waals surface area contributed by atoms with Gasteiger partial charge in [-0.1, -0.05) is 25.4 Å². The number of aliphatic hydroxyl groups excluding tert-OH is 1. The first kappa shape index (κ1) is 14.1. The fourth-order valence-corrected chi connectivity index (χ4v) is 1.51. The molecule has 17 heavy (non-hydrogen) atoms. The van der Waals surface area contributed by atoms with Crippen LogP contribution in [0.25, 0.3) is 0 Å². The number of benzene rings is 1. The van der Waals surface area contributed by atoms with Crippen molar-refractivity contribution in [1.82, 2.24) is 0 Å². The molecule has 3 nitrogen and oxygen atoms in total. The minimum Gasteiger partial charge on any atom is -0.495 e. The largest absolute Gasteiger partial charge is 0.495 e. The molecule has 4 heteroatoms. The summed E-state index contributed by atoms with van der Waals surface area (Å²) in [6.07, 6.45) is 0. The third kappa shape index (κ3) is 3.79. The van der Waals surface area contributed by atoms with Crippen LogP contribution in [0.3, 0.4) is 0 Å². The first-order valence-electron chi connectivity index (χ1n) is 5.58. The van der Waals surface area contributed by atoms with Crippen LogP contribution in [0.15, 0.2) is 12.1 Å². The van der Waals surface area contributed by atoms with Gasteiger partial charge in [0.25, 0.3) is 0 Å². The molecule has 0 atom stereocenters. The molecule has 0 aliphatic carbocycles. The highest BCUT2D eigenvalue weighted by atomic mass is 35.5. The number of halogens is 1. The van der Waals surface area contributed by atoms with Gasteiger partial charge in [-0.25, -0.2) is 0 Å². The van der Waals surface area contributed by atoms with Gasteiger partial charge >= 0.3 is 0 Å². The summed E-state index contributed by atoms with van der Waals surface area (Å²) in [5, 5.41) is 13.2. The Labute approximate surface area is 108 Å². The average Bonchev–Trinajstić information content (AvgIpc) is 2.30. The van der Waals surface area contributed by atoms with Gasteiger partial charge in [0.15, 0.2) is 0 Å². The van der Waals surface area contributed by atoms with Crippen LogP contribution < -0.4 is 10.1 Å². The van der Waals surface area contributed by atoms with Crippen LogP contribution in [0.1, 0.15) is 19.4 Å². The molecule has 0 bridgehead atoms. The van der Waals surface area contributed by atoms with E-state index in [1.165, 1.54) is 0 Å². The molecule has 0 unspecified atom stereocenters. The van der Waals surface area contributed by atoms with Crippen molar-refractivity contribution in [2.75, 3.05) is 25.6 Å². The lowest BCUT2D eigenvalue weighted by Gasteiger charge is -2.23. The Morgan fingerprint density at radius 2 is 2.06 bits per heavy atom. The van der Waals surface area contributed by atoms with Gasteiger partial charge in [0.1, 0.15) is 5.75 Å². The van der Waals surface area contributed by atoms with E-state index >= 15 is 0 Å². The van der Waals surface area contributed by atoms with Crippen LogP contribution in [-0.4, -0.2) is 25.4 Å². The molecule has 96 valence electrons. The van der Waals surface area contributed by atoms with Gasteiger partial charge in [0.05, 0.1) is 12.8 Å². The standard InChI is InChI=1S/C13H20ClNO2/c1-9-5-11(12(17-4)6-10(9)14)15-7-13(2,3)8-16/h5-6,15-16H,7-8H2,1-4H3. The zero-order chi connectivity index (χ0) is 13.1. The number of anilines is 1. The maximum Gasteiger partial charge on any atom is 0.143 e. The van der Waals surface area contributed by atoms with Crippen molar-refractivity contribution in [3.05, 3.63) is 22.7 Å². The van der Waals surface area contributed by atoms with E-state index in [0.717, 1.165) is 11.3 Å². The fourth-order valence-electron chi connectivity index (χ4n) is 1.36. The summed E-state index contributed by atoms with van der Waals surface area (Å²) in [6.45, 7) is 6.74. The summed E-state index contributed by atoms with van der Waals surface area (Å²) in [5.41, 5.74) is 1.73. The van der Waals surface area contributed by atoms with Crippen molar-refractivity contribution in [3.63, 3.8) is 0 Å².